The van der Waals surface area contributed by atoms with Crippen LogP contribution in [0.1, 0.15) is 73.1 Å². The Bertz CT molecular complexity index is 848. The summed E-state index contributed by atoms with van der Waals surface area (Å²) in [5, 5.41) is 10.5. The number of hydrogen-bond donors (Lipinski definition) is 1. The highest BCUT2D eigenvalue weighted by molar-refractivity contribution is 6.73. The SMILES string of the molecule is CC[Si](CC)(CC)O[C@]12CC[C@H](C3=CC(=O)OC3)[C@@]1(C)CC(C(C)=O)=C1CC(O)CC[C@H]12. The number of fused-ring (bicyclic) bond motifs is 3. The van der Waals surface area contributed by atoms with Gasteiger partial charge in [0.05, 0.1) is 11.7 Å². The molecule has 0 aromatic rings. The van der Waals surface area contributed by atoms with E-state index in [9.17, 15) is 14.7 Å². The van der Waals surface area contributed by atoms with Crippen molar-refractivity contribution in [1.29, 1.82) is 0 Å². The smallest absolute Gasteiger partial charge is 0.331 e. The van der Waals surface area contributed by atoms with Crippen molar-refractivity contribution in [3.63, 3.8) is 0 Å². The summed E-state index contributed by atoms with van der Waals surface area (Å²) in [5.74, 6) is 0.219. The molecular weight excluding hydrogens is 420 g/mol. The molecule has 0 aromatic carbocycles. The van der Waals surface area contributed by atoms with Crippen molar-refractivity contribution in [2.75, 3.05) is 6.61 Å². The average molecular weight is 461 g/mol. The molecular formula is C26H40O5Si. The second-order valence-electron chi connectivity index (χ2n) is 10.8. The third-order valence-electron chi connectivity index (χ3n) is 9.59. The lowest BCUT2D eigenvalue weighted by molar-refractivity contribution is -0.135. The first-order valence-electron chi connectivity index (χ1n) is 12.6. The van der Waals surface area contributed by atoms with Crippen LogP contribution in [-0.4, -0.2) is 43.5 Å². The van der Waals surface area contributed by atoms with Gasteiger partial charge in [-0.05, 0) is 80.6 Å². The number of allylic oxidation sites excluding steroid dienone is 1. The van der Waals surface area contributed by atoms with Crippen LogP contribution in [0.5, 0.6) is 0 Å². The molecule has 5 nitrogen and oxygen atoms in total. The Balaban J connectivity index is 1.89. The molecule has 4 aliphatic rings. The van der Waals surface area contributed by atoms with Crippen LogP contribution in [-0.2, 0) is 18.8 Å². The quantitative estimate of drug-likeness (QED) is 0.423. The molecule has 0 bridgehead atoms. The summed E-state index contributed by atoms with van der Waals surface area (Å²) in [4.78, 5) is 24.8. The minimum atomic E-state index is -1.96. The fraction of sp³-hybridized carbons (Fsp3) is 0.769. The highest BCUT2D eigenvalue weighted by Crippen LogP contribution is 2.67. The first-order chi connectivity index (χ1) is 15.1. The van der Waals surface area contributed by atoms with E-state index >= 15 is 0 Å². The van der Waals surface area contributed by atoms with Gasteiger partial charge in [0.1, 0.15) is 6.61 Å². The molecule has 0 radical (unpaired) electrons. The number of ketones is 1. The van der Waals surface area contributed by atoms with Crippen molar-refractivity contribution in [1.82, 2.24) is 0 Å². The number of hydrogen-bond acceptors (Lipinski definition) is 5. The molecule has 0 aromatic heterocycles. The predicted molar refractivity (Wildman–Crippen MR) is 127 cm³/mol. The van der Waals surface area contributed by atoms with Crippen molar-refractivity contribution in [3.05, 3.63) is 22.8 Å². The number of esters is 1. The van der Waals surface area contributed by atoms with Gasteiger partial charge in [0.2, 0.25) is 0 Å². The molecule has 0 amide bonds. The molecule has 1 N–H and O–H groups in total. The predicted octanol–water partition coefficient (Wildman–Crippen LogP) is 5.10. The highest BCUT2D eigenvalue weighted by Gasteiger charge is 2.67. The zero-order chi connectivity index (χ0) is 23.3. The maximum absolute atomic E-state index is 12.9. The molecule has 2 saturated carbocycles. The van der Waals surface area contributed by atoms with Gasteiger partial charge >= 0.3 is 5.97 Å². The van der Waals surface area contributed by atoms with E-state index in [0.717, 1.165) is 60.5 Å². The van der Waals surface area contributed by atoms with Crippen LogP contribution in [0.25, 0.3) is 0 Å². The second-order valence-corrected chi connectivity index (χ2v) is 15.5. The molecule has 5 atom stereocenters. The van der Waals surface area contributed by atoms with Gasteiger partial charge in [0, 0.05) is 17.4 Å². The van der Waals surface area contributed by atoms with Gasteiger partial charge < -0.3 is 14.3 Å². The summed E-state index contributed by atoms with van der Waals surface area (Å²) >= 11 is 0. The molecule has 1 aliphatic heterocycles. The molecule has 0 saturated heterocycles. The van der Waals surface area contributed by atoms with Crippen molar-refractivity contribution in [2.45, 2.75) is 103 Å². The van der Waals surface area contributed by atoms with Gasteiger partial charge in [-0.3, -0.25) is 4.79 Å². The van der Waals surface area contributed by atoms with E-state index in [0.29, 0.717) is 19.4 Å². The van der Waals surface area contributed by atoms with E-state index in [1.54, 1.807) is 13.0 Å². The normalized spacial score (nSPS) is 37.1. The minimum absolute atomic E-state index is 0.122. The number of carbonyl (C=O) groups excluding carboxylic acids is 2. The zero-order valence-electron chi connectivity index (χ0n) is 20.5. The summed E-state index contributed by atoms with van der Waals surface area (Å²) < 4.78 is 12.9. The van der Waals surface area contributed by atoms with Gasteiger partial charge in [0.25, 0.3) is 0 Å². The van der Waals surface area contributed by atoms with Crippen LogP contribution in [0.4, 0.5) is 0 Å². The Morgan fingerprint density at radius 1 is 1.19 bits per heavy atom. The van der Waals surface area contributed by atoms with Crippen molar-refractivity contribution >= 4 is 20.1 Å². The maximum Gasteiger partial charge on any atom is 0.331 e. The lowest BCUT2D eigenvalue weighted by Gasteiger charge is -2.59. The highest BCUT2D eigenvalue weighted by atomic mass is 28.4. The zero-order valence-corrected chi connectivity index (χ0v) is 21.5. The maximum atomic E-state index is 12.9. The van der Waals surface area contributed by atoms with E-state index in [4.69, 9.17) is 9.16 Å². The number of aliphatic hydroxyl groups is 1. The van der Waals surface area contributed by atoms with Gasteiger partial charge in [-0.2, -0.15) is 0 Å². The second kappa shape index (κ2) is 8.52. The number of carbonyl (C=O) groups is 2. The number of cyclic esters (lactones) is 1. The third kappa shape index (κ3) is 3.48. The Morgan fingerprint density at radius 2 is 1.88 bits per heavy atom. The topological polar surface area (TPSA) is 72.8 Å². The number of aliphatic hydroxyl groups excluding tert-OH is 1. The monoisotopic (exact) mass is 460 g/mol. The van der Waals surface area contributed by atoms with Gasteiger partial charge in [0.15, 0.2) is 14.1 Å². The summed E-state index contributed by atoms with van der Waals surface area (Å²) in [5.41, 5.74) is 2.54. The number of Topliss-reactive ketones (excluding diaryl/α,β-unsaturated/α-hetero) is 1. The molecule has 178 valence electrons. The largest absolute Gasteiger partial charge is 0.458 e. The molecule has 1 heterocycles. The molecule has 4 rings (SSSR count). The van der Waals surface area contributed by atoms with Crippen LogP contribution in [0.2, 0.25) is 18.1 Å². The van der Waals surface area contributed by atoms with Crippen LogP contribution in [0.3, 0.4) is 0 Å². The fourth-order valence-electron chi connectivity index (χ4n) is 7.59. The molecule has 1 unspecified atom stereocenters. The summed E-state index contributed by atoms with van der Waals surface area (Å²) in [6.07, 6.45) is 6.10. The first-order valence-corrected chi connectivity index (χ1v) is 15.2. The van der Waals surface area contributed by atoms with E-state index in [2.05, 4.69) is 27.7 Å². The Morgan fingerprint density at radius 3 is 2.44 bits per heavy atom. The summed E-state index contributed by atoms with van der Waals surface area (Å²) in [6, 6.07) is 3.25. The molecule has 0 spiro atoms. The Hall–Kier alpha value is -1.24. The fourth-order valence-corrected chi connectivity index (χ4v) is 10.8. The van der Waals surface area contributed by atoms with E-state index in [1.165, 1.54) is 0 Å². The molecule has 3 aliphatic carbocycles. The number of rotatable bonds is 7. The van der Waals surface area contributed by atoms with Gasteiger partial charge in [-0.1, -0.05) is 33.3 Å². The molecule has 32 heavy (non-hydrogen) atoms. The van der Waals surface area contributed by atoms with Gasteiger partial charge in [-0.25, -0.2) is 4.79 Å². The van der Waals surface area contributed by atoms with Crippen LogP contribution in [0, 0.1) is 17.3 Å². The van der Waals surface area contributed by atoms with Gasteiger partial charge in [-0.15, -0.1) is 0 Å². The minimum Gasteiger partial charge on any atom is -0.458 e. The Labute approximate surface area is 193 Å². The van der Waals surface area contributed by atoms with Crippen LogP contribution < -0.4 is 0 Å². The van der Waals surface area contributed by atoms with E-state index < -0.39 is 8.32 Å². The average Bonchev–Trinajstić information content (AvgIpc) is 3.32. The standard InChI is InChI=1S/C26H40O5Si/c1-6-32(7-2,8-3)31-26-12-11-22(18-13-24(29)30-16-18)25(26,5)15-21(17(4)27)20-14-19(28)9-10-23(20)26/h13,19,22-23,28H,6-12,14-16H2,1-5H3/t19?,22-,23-,25-,26+/m1/s1. The van der Waals surface area contributed by atoms with Crippen LogP contribution in [0.15, 0.2) is 22.8 Å². The summed E-state index contributed by atoms with van der Waals surface area (Å²) in [7, 11) is -1.96. The molecule has 6 heteroatoms. The first kappa shape index (κ1) is 23.9. The summed E-state index contributed by atoms with van der Waals surface area (Å²) in [6.45, 7) is 11.2. The number of ether oxygens (including phenoxy) is 1. The van der Waals surface area contributed by atoms with Crippen molar-refractivity contribution in [3.8, 4) is 0 Å². The van der Waals surface area contributed by atoms with Crippen molar-refractivity contribution in [2.24, 2.45) is 17.3 Å². The molecule has 2 fully saturated rings. The van der Waals surface area contributed by atoms with Crippen LogP contribution >= 0.6 is 0 Å². The Kier molecular flexibility index (Phi) is 6.36. The van der Waals surface area contributed by atoms with E-state index in [-0.39, 0.29) is 40.7 Å². The van der Waals surface area contributed by atoms with E-state index in [1.807, 2.05) is 0 Å². The van der Waals surface area contributed by atoms with Crippen molar-refractivity contribution < 1.29 is 23.9 Å². The lowest BCUT2D eigenvalue weighted by Crippen LogP contribution is -2.62. The lowest BCUT2D eigenvalue weighted by atomic mass is 9.53. The third-order valence-corrected chi connectivity index (χ3v) is 14.3.